The summed E-state index contributed by atoms with van der Waals surface area (Å²) in [5.74, 6) is 0.965. The molecule has 3 rings (SSSR count). The van der Waals surface area contributed by atoms with Crippen LogP contribution in [0.3, 0.4) is 0 Å². The van der Waals surface area contributed by atoms with Crippen molar-refractivity contribution in [2.24, 2.45) is 0 Å². The molecule has 0 amide bonds. The first-order valence-electron chi connectivity index (χ1n) is 6.42. The third-order valence-corrected chi connectivity index (χ3v) is 3.41. The summed E-state index contributed by atoms with van der Waals surface area (Å²) in [7, 11) is 0. The van der Waals surface area contributed by atoms with E-state index in [1.54, 1.807) is 6.20 Å². The fraction of sp³-hybridized carbons (Fsp3) is 0.462. The maximum atomic E-state index is 5.92. The van der Waals surface area contributed by atoms with Gasteiger partial charge in [-0.1, -0.05) is 6.92 Å². The normalized spacial score (nSPS) is 16.4. The minimum absolute atomic E-state index is 0.685. The van der Waals surface area contributed by atoms with Gasteiger partial charge in [0.2, 0.25) is 11.6 Å². The molecule has 5 heteroatoms. The smallest absolute Gasteiger partial charge is 0.229 e. The number of nitrogen functional groups attached to an aromatic ring is 1. The van der Waals surface area contributed by atoms with Gasteiger partial charge >= 0.3 is 0 Å². The summed E-state index contributed by atoms with van der Waals surface area (Å²) in [6, 6.07) is 1.95. The summed E-state index contributed by atoms with van der Waals surface area (Å²) in [5.41, 5.74) is 8.40. The second kappa shape index (κ2) is 4.49. The molecule has 5 nitrogen and oxygen atoms in total. The van der Waals surface area contributed by atoms with Crippen molar-refractivity contribution in [2.45, 2.75) is 13.3 Å². The highest BCUT2D eigenvalue weighted by atomic mass is 16.4. The van der Waals surface area contributed by atoms with E-state index in [4.69, 9.17) is 10.2 Å². The zero-order valence-electron chi connectivity index (χ0n) is 10.6. The lowest BCUT2D eigenvalue weighted by atomic mass is 10.1. The second-order valence-corrected chi connectivity index (χ2v) is 4.60. The molecular weight excluding hydrogens is 228 g/mol. The van der Waals surface area contributed by atoms with Gasteiger partial charge in [0.25, 0.3) is 0 Å². The average Bonchev–Trinajstić information content (AvgIpc) is 2.77. The van der Waals surface area contributed by atoms with Gasteiger partial charge in [0.1, 0.15) is 0 Å². The van der Waals surface area contributed by atoms with Crippen LogP contribution in [0.15, 0.2) is 16.7 Å². The van der Waals surface area contributed by atoms with E-state index in [2.05, 4.69) is 22.1 Å². The first-order chi connectivity index (χ1) is 8.79. The highest BCUT2D eigenvalue weighted by Gasteiger charge is 2.20. The van der Waals surface area contributed by atoms with Gasteiger partial charge in [-0.05, 0) is 12.5 Å². The number of nitrogens with zero attached hydrogens (tertiary/aromatic N) is 2. The van der Waals surface area contributed by atoms with Crippen molar-refractivity contribution >= 4 is 22.7 Å². The van der Waals surface area contributed by atoms with Gasteiger partial charge in [0.15, 0.2) is 0 Å². The quantitative estimate of drug-likeness (QED) is 0.838. The SMILES string of the molecule is CCc1c(N2CCNCC2)oc2ncc(N)cc12. The molecule has 0 spiro atoms. The van der Waals surface area contributed by atoms with E-state index in [1.165, 1.54) is 5.56 Å². The zero-order valence-corrected chi connectivity index (χ0v) is 10.6. The molecule has 2 aromatic rings. The summed E-state index contributed by atoms with van der Waals surface area (Å²) in [6.45, 7) is 6.08. The Balaban J connectivity index is 2.10. The van der Waals surface area contributed by atoms with Crippen LogP contribution in [0.1, 0.15) is 12.5 Å². The van der Waals surface area contributed by atoms with E-state index in [-0.39, 0.29) is 0 Å². The molecule has 1 aliphatic heterocycles. The van der Waals surface area contributed by atoms with Gasteiger partial charge in [0, 0.05) is 37.1 Å². The van der Waals surface area contributed by atoms with Crippen LogP contribution in [0.25, 0.3) is 11.1 Å². The van der Waals surface area contributed by atoms with Crippen LogP contribution in [0.4, 0.5) is 11.6 Å². The van der Waals surface area contributed by atoms with Gasteiger partial charge in [-0.2, -0.15) is 0 Å². The van der Waals surface area contributed by atoms with Crippen molar-refractivity contribution < 1.29 is 4.42 Å². The molecule has 1 fully saturated rings. The minimum atomic E-state index is 0.685. The number of hydrogen-bond acceptors (Lipinski definition) is 5. The van der Waals surface area contributed by atoms with Crippen molar-refractivity contribution in [3.63, 3.8) is 0 Å². The Morgan fingerprint density at radius 2 is 2.22 bits per heavy atom. The first-order valence-corrected chi connectivity index (χ1v) is 6.42. The number of furan rings is 1. The number of pyridine rings is 1. The van der Waals surface area contributed by atoms with Crippen molar-refractivity contribution in [1.29, 1.82) is 0 Å². The van der Waals surface area contributed by atoms with Crippen molar-refractivity contribution in [2.75, 3.05) is 36.8 Å². The number of aryl methyl sites for hydroxylation is 1. The Morgan fingerprint density at radius 1 is 1.44 bits per heavy atom. The average molecular weight is 246 g/mol. The fourth-order valence-electron chi connectivity index (χ4n) is 2.50. The van der Waals surface area contributed by atoms with Gasteiger partial charge in [0.05, 0.1) is 11.9 Å². The highest BCUT2D eigenvalue weighted by molar-refractivity contribution is 5.85. The number of piperazine rings is 1. The summed E-state index contributed by atoms with van der Waals surface area (Å²) in [5, 5.41) is 4.39. The number of nitrogens with one attached hydrogen (secondary N) is 1. The molecule has 0 bridgehead atoms. The highest BCUT2D eigenvalue weighted by Crippen LogP contribution is 2.33. The number of fused-ring (bicyclic) bond motifs is 1. The number of aromatic nitrogens is 1. The molecule has 3 N–H and O–H groups in total. The van der Waals surface area contributed by atoms with E-state index < -0.39 is 0 Å². The number of anilines is 2. The molecule has 3 heterocycles. The topological polar surface area (TPSA) is 67.3 Å². The molecule has 0 radical (unpaired) electrons. The van der Waals surface area contributed by atoms with E-state index in [1.807, 2.05) is 6.07 Å². The molecule has 0 atom stereocenters. The molecule has 0 aliphatic carbocycles. The Morgan fingerprint density at radius 3 is 2.94 bits per heavy atom. The monoisotopic (exact) mass is 246 g/mol. The largest absolute Gasteiger partial charge is 0.422 e. The zero-order chi connectivity index (χ0) is 12.5. The number of hydrogen-bond donors (Lipinski definition) is 2. The van der Waals surface area contributed by atoms with Gasteiger partial charge in [-0.15, -0.1) is 0 Å². The summed E-state index contributed by atoms with van der Waals surface area (Å²) in [6.07, 6.45) is 2.57. The lowest BCUT2D eigenvalue weighted by Crippen LogP contribution is -2.43. The molecule has 18 heavy (non-hydrogen) atoms. The standard InChI is InChI=1S/C13H18N4O/c1-2-10-11-7-9(14)8-16-12(11)18-13(10)17-5-3-15-4-6-17/h7-8,15H,2-6,14H2,1H3. The van der Waals surface area contributed by atoms with Crippen molar-refractivity contribution in [1.82, 2.24) is 10.3 Å². The molecule has 96 valence electrons. The molecule has 0 unspecified atom stereocenters. The van der Waals surface area contributed by atoms with E-state index in [9.17, 15) is 0 Å². The molecule has 0 aromatic carbocycles. The molecule has 1 aliphatic rings. The minimum Gasteiger partial charge on any atom is -0.422 e. The van der Waals surface area contributed by atoms with Crippen LogP contribution in [0.2, 0.25) is 0 Å². The van der Waals surface area contributed by atoms with Crippen LogP contribution in [0, 0.1) is 0 Å². The van der Waals surface area contributed by atoms with Gasteiger partial charge in [-0.25, -0.2) is 4.98 Å². The Labute approximate surface area is 106 Å². The number of nitrogens with two attached hydrogens (primary N) is 1. The Bertz CT molecular complexity index is 557. The van der Waals surface area contributed by atoms with Crippen molar-refractivity contribution in [3.05, 3.63) is 17.8 Å². The summed E-state index contributed by atoms with van der Waals surface area (Å²) < 4.78 is 5.92. The summed E-state index contributed by atoms with van der Waals surface area (Å²) >= 11 is 0. The third-order valence-electron chi connectivity index (χ3n) is 3.41. The number of rotatable bonds is 2. The van der Waals surface area contributed by atoms with E-state index >= 15 is 0 Å². The summed E-state index contributed by atoms with van der Waals surface area (Å²) in [4.78, 5) is 6.56. The van der Waals surface area contributed by atoms with Crippen LogP contribution < -0.4 is 16.0 Å². The lowest BCUT2D eigenvalue weighted by Gasteiger charge is -2.27. The van der Waals surface area contributed by atoms with E-state index in [0.717, 1.165) is 43.9 Å². The van der Waals surface area contributed by atoms with Crippen LogP contribution in [-0.4, -0.2) is 31.2 Å². The Hall–Kier alpha value is -1.75. The maximum Gasteiger partial charge on any atom is 0.229 e. The molecule has 1 saturated heterocycles. The molecule has 0 saturated carbocycles. The van der Waals surface area contributed by atoms with E-state index in [0.29, 0.717) is 11.4 Å². The second-order valence-electron chi connectivity index (χ2n) is 4.60. The van der Waals surface area contributed by atoms with Gasteiger partial charge < -0.3 is 20.4 Å². The van der Waals surface area contributed by atoms with Crippen molar-refractivity contribution in [3.8, 4) is 0 Å². The first kappa shape index (κ1) is 11.3. The van der Waals surface area contributed by atoms with Gasteiger partial charge in [-0.3, -0.25) is 0 Å². The predicted octanol–water partition coefficient (Wildman–Crippen LogP) is 1.38. The Kier molecular flexibility index (Phi) is 2.83. The molecule has 2 aromatic heterocycles. The van der Waals surface area contributed by atoms with Crippen LogP contribution in [-0.2, 0) is 6.42 Å². The van der Waals surface area contributed by atoms with Crippen LogP contribution in [0.5, 0.6) is 0 Å². The predicted molar refractivity (Wildman–Crippen MR) is 72.9 cm³/mol. The maximum absolute atomic E-state index is 5.92. The molecular formula is C13H18N4O. The third kappa shape index (κ3) is 1.80. The van der Waals surface area contributed by atoms with Crippen LogP contribution >= 0.6 is 0 Å². The lowest BCUT2D eigenvalue weighted by molar-refractivity contribution is 0.520. The fourth-order valence-corrected chi connectivity index (χ4v) is 2.50.